The number of carbonyl (C=O) groups excluding carboxylic acids is 3. The Bertz CT molecular complexity index is 1280. The number of rotatable bonds is 7. The first-order valence-corrected chi connectivity index (χ1v) is 15.6. The van der Waals surface area contributed by atoms with Crippen LogP contribution in [0.15, 0.2) is 54.6 Å². The average Bonchev–Trinajstić information content (AvgIpc) is 2.94. The Morgan fingerprint density at radius 2 is 1.43 bits per heavy atom. The number of piperazine rings is 2. The lowest BCUT2D eigenvalue weighted by Gasteiger charge is -2.41. The number of benzene rings is 2. The van der Waals surface area contributed by atoms with E-state index in [-0.39, 0.29) is 18.0 Å². The maximum Gasteiger partial charge on any atom is 0.411 e. The van der Waals surface area contributed by atoms with Crippen LogP contribution in [0.2, 0.25) is 0 Å². The van der Waals surface area contributed by atoms with Crippen LogP contribution in [0.4, 0.5) is 15.3 Å². The van der Waals surface area contributed by atoms with Crippen molar-refractivity contribution >= 4 is 23.8 Å². The normalized spacial score (nSPS) is 18.7. The summed E-state index contributed by atoms with van der Waals surface area (Å²) in [5.74, 6) is -0.113. The van der Waals surface area contributed by atoms with Gasteiger partial charge in [-0.05, 0) is 77.6 Å². The van der Waals surface area contributed by atoms with E-state index in [0.29, 0.717) is 58.7 Å². The van der Waals surface area contributed by atoms with E-state index in [1.165, 1.54) is 0 Å². The maximum absolute atomic E-state index is 13.8. The Morgan fingerprint density at radius 1 is 0.818 bits per heavy atom. The zero-order chi connectivity index (χ0) is 32.1. The molecule has 2 fully saturated rings. The highest BCUT2D eigenvalue weighted by Crippen LogP contribution is 2.24. The molecule has 2 aliphatic heterocycles. The van der Waals surface area contributed by atoms with Gasteiger partial charge in [0.05, 0.1) is 0 Å². The molecule has 2 N–H and O–H groups in total. The van der Waals surface area contributed by atoms with Crippen molar-refractivity contribution in [2.75, 3.05) is 44.2 Å². The van der Waals surface area contributed by atoms with Crippen LogP contribution in [0.5, 0.6) is 0 Å². The number of anilines is 1. The molecule has 0 radical (unpaired) electrons. The highest BCUT2D eigenvalue weighted by atomic mass is 16.6. The van der Waals surface area contributed by atoms with E-state index >= 15 is 0 Å². The Kier molecular flexibility index (Phi) is 10.4. The summed E-state index contributed by atoms with van der Waals surface area (Å²) in [6.07, 6.45) is 0.102. The summed E-state index contributed by atoms with van der Waals surface area (Å²) < 4.78 is 11.2. The molecule has 44 heavy (non-hydrogen) atoms. The Hall–Kier alpha value is -3.79. The summed E-state index contributed by atoms with van der Waals surface area (Å²) in [5, 5.41) is 0. The number of amides is 3. The molecule has 0 aromatic heterocycles. The van der Waals surface area contributed by atoms with Crippen molar-refractivity contribution in [3.05, 3.63) is 65.7 Å². The van der Waals surface area contributed by atoms with E-state index in [0.717, 1.165) is 16.8 Å². The Balaban J connectivity index is 1.41. The van der Waals surface area contributed by atoms with Gasteiger partial charge in [0.2, 0.25) is 5.91 Å². The van der Waals surface area contributed by atoms with Gasteiger partial charge in [-0.15, -0.1) is 0 Å². The van der Waals surface area contributed by atoms with Crippen LogP contribution in [-0.2, 0) is 27.2 Å². The lowest BCUT2D eigenvalue weighted by atomic mass is 9.96. The van der Waals surface area contributed by atoms with Gasteiger partial charge in [0.25, 0.3) is 0 Å². The second kappa shape index (κ2) is 13.9. The number of carbonyl (C=O) groups is 3. The SMILES string of the molecule is CC(C)(C)OC(=O)N1CCN(c2cccc(C[C@H](N)C[C@H]3C(=O)N(Cc4ccccc4)CCN3C(=O)OC(C)(C)C)c2)CC1. The second-order valence-electron chi connectivity index (χ2n) is 13.8. The van der Waals surface area contributed by atoms with Gasteiger partial charge in [-0.2, -0.15) is 0 Å². The van der Waals surface area contributed by atoms with Crippen molar-refractivity contribution in [1.82, 2.24) is 14.7 Å². The number of ether oxygens (including phenoxy) is 2. The minimum atomic E-state index is -0.707. The zero-order valence-corrected chi connectivity index (χ0v) is 27.1. The molecule has 2 saturated heterocycles. The predicted octanol–water partition coefficient (Wildman–Crippen LogP) is 4.65. The Labute approximate surface area is 262 Å². The molecule has 2 atom stereocenters. The maximum atomic E-state index is 13.8. The molecule has 2 aliphatic rings. The molecule has 10 heteroatoms. The van der Waals surface area contributed by atoms with Crippen molar-refractivity contribution in [2.24, 2.45) is 5.73 Å². The zero-order valence-electron chi connectivity index (χ0n) is 27.1. The predicted molar refractivity (Wildman–Crippen MR) is 171 cm³/mol. The van der Waals surface area contributed by atoms with E-state index < -0.39 is 23.3 Å². The smallest absolute Gasteiger partial charge is 0.411 e. The summed E-state index contributed by atoms with van der Waals surface area (Å²) in [6, 6.07) is 17.0. The second-order valence-corrected chi connectivity index (χ2v) is 13.8. The summed E-state index contributed by atoms with van der Waals surface area (Å²) in [7, 11) is 0. The molecule has 0 aliphatic carbocycles. The van der Waals surface area contributed by atoms with Crippen LogP contribution in [0.25, 0.3) is 0 Å². The van der Waals surface area contributed by atoms with Gasteiger partial charge < -0.3 is 29.9 Å². The first-order chi connectivity index (χ1) is 20.7. The van der Waals surface area contributed by atoms with E-state index in [9.17, 15) is 14.4 Å². The molecule has 10 nitrogen and oxygen atoms in total. The summed E-state index contributed by atoms with van der Waals surface area (Å²) in [5.41, 5.74) is 8.66. The first-order valence-electron chi connectivity index (χ1n) is 15.6. The molecule has 4 rings (SSSR count). The topological polar surface area (TPSA) is 109 Å². The molecule has 3 amide bonds. The number of hydrogen-bond acceptors (Lipinski definition) is 7. The van der Waals surface area contributed by atoms with Crippen LogP contribution in [0.1, 0.15) is 59.1 Å². The fourth-order valence-electron chi connectivity index (χ4n) is 5.59. The lowest BCUT2D eigenvalue weighted by Crippen LogP contribution is -2.60. The number of nitrogens with zero attached hydrogens (tertiary/aromatic N) is 4. The standard InChI is InChI=1S/C34H49N5O5/c1-33(2,3)43-31(41)37-17-15-36(16-18-37)28-14-10-13-26(22-28)21-27(35)23-29-30(40)38(24-25-11-8-7-9-12-25)19-20-39(29)32(42)44-34(4,5)6/h7-14,22,27,29H,15-21,23-24,35H2,1-6H3/t27-,29-/m0/s1. The van der Waals surface area contributed by atoms with Gasteiger partial charge in [0.15, 0.2) is 0 Å². The van der Waals surface area contributed by atoms with Gasteiger partial charge >= 0.3 is 12.2 Å². The van der Waals surface area contributed by atoms with Crippen molar-refractivity contribution < 1.29 is 23.9 Å². The summed E-state index contributed by atoms with van der Waals surface area (Å²) >= 11 is 0. The summed E-state index contributed by atoms with van der Waals surface area (Å²) in [4.78, 5) is 46.8. The lowest BCUT2D eigenvalue weighted by molar-refractivity contribution is -0.142. The molecule has 0 bridgehead atoms. The van der Waals surface area contributed by atoms with Crippen LogP contribution >= 0.6 is 0 Å². The van der Waals surface area contributed by atoms with Gasteiger partial charge in [0.1, 0.15) is 17.2 Å². The highest BCUT2D eigenvalue weighted by Gasteiger charge is 2.40. The molecule has 2 aromatic carbocycles. The molecule has 2 aromatic rings. The fraction of sp³-hybridized carbons (Fsp3) is 0.559. The fourth-order valence-corrected chi connectivity index (χ4v) is 5.59. The van der Waals surface area contributed by atoms with E-state index in [1.54, 1.807) is 9.80 Å². The molecule has 0 spiro atoms. The molecule has 0 unspecified atom stereocenters. The largest absolute Gasteiger partial charge is 0.444 e. The van der Waals surface area contributed by atoms with Crippen molar-refractivity contribution in [1.29, 1.82) is 0 Å². The third-order valence-corrected chi connectivity index (χ3v) is 7.66. The van der Waals surface area contributed by atoms with Gasteiger partial charge in [0, 0.05) is 57.5 Å². The summed E-state index contributed by atoms with van der Waals surface area (Å²) in [6.45, 7) is 15.0. The van der Waals surface area contributed by atoms with E-state index in [1.807, 2.05) is 88.9 Å². The van der Waals surface area contributed by atoms with Gasteiger partial charge in [-0.25, -0.2) is 9.59 Å². The first kappa shape index (κ1) is 33.1. The molecule has 2 heterocycles. The number of nitrogens with two attached hydrogens (primary N) is 1. The number of hydrogen-bond donors (Lipinski definition) is 1. The van der Waals surface area contributed by atoms with Crippen molar-refractivity contribution in [2.45, 2.75) is 84.2 Å². The van der Waals surface area contributed by atoms with E-state index in [2.05, 4.69) is 17.0 Å². The monoisotopic (exact) mass is 607 g/mol. The van der Waals surface area contributed by atoms with Crippen LogP contribution in [0.3, 0.4) is 0 Å². The molecule has 0 saturated carbocycles. The van der Waals surface area contributed by atoms with E-state index in [4.69, 9.17) is 15.2 Å². The van der Waals surface area contributed by atoms with Crippen LogP contribution in [-0.4, -0.2) is 95.3 Å². The minimum absolute atomic E-state index is 0.113. The third kappa shape index (κ3) is 9.35. The molecular formula is C34H49N5O5. The Morgan fingerprint density at radius 3 is 2.07 bits per heavy atom. The van der Waals surface area contributed by atoms with Crippen molar-refractivity contribution in [3.8, 4) is 0 Å². The van der Waals surface area contributed by atoms with Crippen LogP contribution in [0, 0.1) is 0 Å². The third-order valence-electron chi connectivity index (χ3n) is 7.66. The quantitative estimate of drug-likeness (QED) is 0.488. The van der Waals surface area contributed by atoms with Crippen LogP contribution < -0.4 is 10.6 Å². The average molecular weight is 608 g/mol. The van der Waals surface area contributed by atoms with Gasteiger partial charge in [-0.3, -0.25) is 9.69 Å². The highest BCUT2D eigenvalue weighted by molar-refractivity contribution is 5.87. The molecule has 240 valence electrons. The minimum Gasteiger partial charge on any atom is -0.444 e. The van der Waals surface area contributed by atoms with Gasteiger partial charge in [-0.1, -0.05) is 42.5 Å². The van der Waals surface area contributed by atoms with Crippen molar-refractivity contribution in [3.63, 3.8) is 0 Å². The molecular weight excluding hydrogens is 558 g/mol.